The second-order valence-electron chi connectivity index (χ2n) is 7.52. The Balaban J connectivity index is 2.02. The Kier molecular flexibility index (Phi) is 3.80. The fraction of sp³-hybridized carbons (Fsp3) is 0.316. The van der Waals surface area contributed by atoms with E-state index in [0.29, 0.717) is 24.2 Å². The van der Waals surface area contributed by atoms with Gasteiger partial charge in [0.1, 0.15) is 5.76 Å². The summed E-state index contributed by atoms with van der Waals surface area (Å²) in [5.41, 5.74) is 0.144. The van der Waals surface area contributed by atoms with E-state index in [4.69, 9.17) is 4.74 Å². The number of ether oxygens (including phenoxy) is 1. The second-order valence-corrected chi connectivity index (χ2v) is 8.43. The van der Waals surface area contributed by atoms with Gasteiger partial charge in [0.2, 0.25) is 5.88 Å². The molecule has 1 aliphatic carbocycles. The fourth-order valence-corrected chi connectivity index (χ4v) is 4.21. The first-order valence-electron chi connectivity index (χ1n) is 8.31. The molecule has 2 aliphatic rings. The van der Waals surface area contributed by atoms with Gasteiger partial charge >= 0.3 is 5.69 Å². The molecule has 0 amide bonds. The summed E-state index contributed by atoms with van der Waals surface area (Å²) in [5.74, 6) is 0.0471. The summed E-state index contributed by atoms with van der Waals surface area (Å²) in [4.78, 5) is 42.1. The van der Waals surface area contributed by atoms with Crippen molar-refractivity contribution in [2.24, 2.45) is 5.41 Å². The highest BCUT2D eigenvalue weighted by atomic mass is 79.9. The third-order valence-electron chi connectivity index (χ3n) is 4.81. The van der Waals surface area contributed by atoms with E-state index in [1.54, 1.807) is 0 Å². The Bertz CT molecular complexity index is 1080. The molecule has 26 heavy (non-hydrogen) atoms. The van der Waals surface area contributed by atoms with E-state index in [-0.39, 0.29) is 22.6 Å². The third kappa shape index (κ3) is 2.76. The first-order valence-corrected chi connectivity index (χ1v) is 9.10. The van der Waals surface area contributed by atoms with Crippen LogP contribution >= 0.6 is 15.9 Å². The van der Waals surface area contributed by atoms with E-state index in [2.05, 4.69) is 25.9 Å². The summed E-state index contributed by atoms with van der Waals surface area (Å²) in [7, 11) is 0. The van der Waals surface area contributed by atoms with Gasteiger partial charge in [0.15, 0.2) is 5.78 Å². The number of carbonyl (C=O) groups is 1. The number of halogens is 1. The molecule has 0 radical (unpaired) electrons. The van der Waals surface area contributed by atoms with Gasteiger partial charge in [0, 0.05) is 22.9 Å². The van der Waals surface area contributed by atoms with Gasteiger partial charge in [-0.1, -0.05) is 41.9 Å². The van der Waals surface area contributed by atoms with Crippen LogP contribution in [0, 0.1) is 5.41 Å². The Labute approximate surface area is 157 Å². The van der Waals surface area contributed by atoms with E-state index in [0.717, 1.165) is 10.0 Å². The van der Waals surface area contributed by atoms with Crippen molar-refractivity contribution in [2.45, 2.75) is 32.6 Å². The summed E-state index contributed by atoms with van der Waals surface area (Å²) in [6.07, 6.45) is 0.948. The molecule has 0 saturated carbocycles. The number of ketones is 1. The molecule has 134 valence electrons. The fourth-order valence-electron chi connectivity index (χ4n) is 3.80. The quantitative estimate of drug-likeness (QED) is 0.747. The van der Waals surface area contributed by atoms with E-state index in [1.807, 2.05) is 38.1 Å². The second kappa shape index (κ2) is 5.81. The highest BCUT2D eigenvalue weighted by Gasteiger charge is 2.43. The van der Waals surface area contributed by atoms with Crippen molar-refractivity contribution in [3.63, 3.8) is 0 Å². The molecule has 6 nitrogen and oxygen atoms in total. The first kappa shape index (κ1) is 17.0. The average molecular weight is 417 g/mol. The molecule has 7 heteroatoms. The summed E-state index contributed by atoms with van der Waals surface area (Å²) >= 11 is 3.44. The number of aromatic amines is 2. The average Bonchev–Trinajstić information content (AvgIpc) is 2.51. The van der Waals surface area contributed by atoms with Crippen molar-refractivity contribution in [3.8, 4) is 5.88 Å². The van der Waals surface area contributed by atoms with Crippen LogP contribution in [0.5, 0.6) is 5.88 Å². The van der Waals surface area contributed by atoms with Crippen LogP contribution in [0.4, 0.5) is 0 Å². The number of fused-ring (bicyclic) bond motifs is 1. The lowest BCUT2D eigenvalue weighted by atomic mass is 9.70. The molecule has 1 aliphatic heterocycles. The maximum Gasteiger partial charge on any atom is 0.328 e. The minimum absolute atomic E-state index is 0.0301. The number of hydrogen-bond acceptors (Lipinski definition) is 4. The van der Waals surface area contributed by atoms with Crippen molar-refractivity contribution in [1.29, 1.82) is 0 Å². The SMILES string of the molecule is CC1(C)CC(=O)C2=C(C1)Oc1[nH]c(=O)[nH]c(=O)c1C2c1cccc(Br)c1. The number of rotatable bonds is 1. The zero-order valence-electron chi connectivity index (χ0n) is 14.3. The molecule has 1 atom stereocenters. The number of allylic oxidation sites excluding steroid dienone is 2. The molecule has 0 spiro atoms. The lowest BCUT2D eigenvalue weighted by Crippen LogP contribution is -2.37. The Morgan fingerprint density at radius 1 is 1.15 bits per heavy atom. The van der Waals surface area contributed by atoms with E-state index >= 15 is 0 Å². The highest BCUT2D eigenvalue weighted by Crippen LogP contribution is 2.48. The molecule has 0 bridgehead atoms. The number of Topliss-reactive ketones (excluding diaryl/α,β-unsaturated/α-hetero) is 1. The summed E-state index contributed by atoms with van der Waals surface area (Å²) in [5, 5.41) is 0. The number of benzene rings is 1. The molecule has 0 fully saturated rings. The van der Waals surface area contributed by atoms with Gasteiger partial charge in [0.25, 0.3) is 5.56 Å². The van der Waals surface area contributed by atoms with Crippen molar-refractivity contribution in [3.05, 3.63) is 72.0 Å². The number of H-pyrrole nitrogens is 2. The minimum Gasteiger partial charge on any atom is -0.444 e. The predicted octanol–water partition coefficient (Wildman–Crippen LogP) is 2.99. The van der Waals surface area contributed by atoms with Crippen molar-refractivity contribution in [2.75, 3.05) is 0 Å². The molecule has 1 unspecified atom stereocenters. The van der Waals surface area contributed by atoms with Crippen LogP contribution in [0.3, 0.4) is 0 Å². The van der Waals surface area contributed by atoms with Crippen LogP contribution < -0.4 is 16.0 Å². The Morgan fingerprint density at radius 3 is 2.65 bits per heavy atom. The van der Waals surface area contributed by atoms with Crippen LogP contribution in [-0.4, -0.2) is 15.8 Å². The maximum atomic E-state index is 13.0. The van der Waals surface area contributed by atoms with Gasteiger partial charge in [-0.25, -0.2) is 4.79 Å². The van der Waals surface area contributed by atoms with Crippen molar-refractivity contribution in [1.82, 2.24) is 9.97 Å². The summed E-state index contributed by atoms with van der Waals surface area (Å²) < 4.78 is 6.70. The normalized spacial score (nSPS) is 21.0. The molecule has 2 N–H and O–H groups in total. The minimum atomic E-state index is -0.632. The van der Waals surface area contributed by atoms with Crippen molar-refractivity contribution < 1.29 is 9.53 Å². The lowest BCUT2D eigenvalue weighted by Gasteiger charge is -2.37. The molecular weight excluding hydrogens is 400 g/mol. The maximum absolute atomic E-state index is 13.0. The molecule has 2 aromatic rings. The van der Waals surface area contributed by atoms with Gasteiger partial charge in [-0.15, -0.1) is 0 Å². The van der Waals surface area contributed by atoms with E-state index in [9.17, 15) is 14.4 Å². The van der Waals surface area contributed by atoms with Gasteiger partial charge in [-0.3, -0.25) is 19.6 Å². The van der Waals surface area contributed by atoms with Crippen LogP contribution in [0.25, 0.3) is 0 Å². The van der Waals surface area contributed by atoms with Crippen LogP contribution in [0.15, 0.2) is 49.7 Å². The smallest absolute Gasteiger partial charge is 0.328 e. The van der Waals surface area contributed by atoms with Gasteiger partial charge < -0.3 is 4.74 Å². The molecule has 0 saturated heterocycles. The topological polar surface area (TPSA) is 92.0 Å². The van der Waals surface area contributed by atoms with Crippen LogP contribution in [0.1, 0.15) is 43.7 Å². The first-order chi connectivity index (χ1) is 12.2. The molecule has 4 rings (SSSR count). The largest absolute Gasteiger partial charge is 0.444 e. The number of hydrogen-bond donors (Lipinski definition) is 2. The van der Waals surface area contributed by atoms with E-state index < -0.39 is 17.2 Å². The van der Waals surface area contributed by atoms with Gasteiger partial charge in [0.05, 0.1) is 11.5 Å². The highest BCUT2D eigenvalue weighted by molar-refractivity contribution is 9.10. The summed E-state index contributed by atoms with van der Waals surface area (Å²) in [6.45, 7) is 4.00. The van der Waals surface area contributed by atoms with Gasteiger partial charge in [-0.2, -0.15) is 0 Å². The molecule has 2 heterocycles. The zero-order chi connectivity index (χ0) is 18.6. The summed E-state index contributed by atoms with van der Waals surface area (Å²) in [6, 6.07) is 7.47. The van der Waals surface area contributed by atoms with Crippen molar-refractivity contribution >= 4 is 21.7 Å². The van der Waals surface area contributed by atoms with Crippen LogP contribution in [-0.2, 0) is 4.79 Å². The number of aromatic nitrogens is 2. The van der Waals surface area contributed by atoms with E-state index in [1.165, 1.54) is 0 Å². The number of nitrogens with one attached hydrogen (secondary N) is 2. The lowest BCUT2D eigenvalue weighted by molar-refractivity contribution is -0.118. The van der Waals surface area contributed by atoms with Crippen LogP contribution in [0.2, 0.25) is 0 Å². The standard InChI is InChI=1S/C19H17BrN2O4/c1-19(2)7-11(23)14-12(8-19)26-17-15(16(24)21-18(25)22-17)13(14)9-4-3-5-10(20)6-9/h3-6,13H,7-8H2,1-2H3,(H2,21,22,24,25). The van der Waals surface area contributed by atoms with Gasteiger partial charge in [-0.05, 0) is 23.1 Å². The molecule has 1 aromatic carbocycles. The Morgan fingerprint density at radius 2 is 1.92 bits per heavy atom. The predicted molar refractivity (Wildman–Crippen MR) is 99.3 cm³/mol. The molecule has 1 aromatic heterocycles. The monoisotopic (exact) mass is 416 g/mol. The Hall–Kier alpha value is -2.41. The number of carbonyl (C=O) groups excluding carboxylic acids is 1. The zero-order valence-corrected chi connectivity index (χ0v) is 15.9. The third-order valence-corrected chi connectivity index (χ3v) is 5.30. The molecular formula is C19H17BrN2O4.